The van der Waals surface area contributed by atoms with Crippen molar-refractivity contribution in [3.63, 3.8) is 0 Å². The third kappa shape index (κ3) is 7.85. The second kappa shape index (κ2) is 16.6. The lowest BCUT2D eigenvalue weighted by Crippen LogP contribution is -2.68. The van der Waals surface area contributed by atoms with Crippen LogP contribution in [0.1, 0.15) is 98.8 Å². The van der Waals surface area contributed by atoms with E-state index in [1.165, 1.54) is 0 Å². The Morgan fingerprint density at radius 3 is 2.33 bits per heavy atom. The van der Waals surface area contributed by atoms with E-state index in [4.69, 9.17) is 27.9 Å². The highest BCUT2D eigenvalue weighted by Gasteiger charge is 2.69. The molecule has 4 atom stereocenters. The minimum Gasteiger partial charge on any atom is -0.507 e. The molecule has 3 aliphatic carbocycles. The Morgan fingerprint density at radius 1 is 0.984 bits per heavy atom. The zero-order valence-electron chi connectivity index (χ0n) is 38.8. The molecule has 0 amide bonds. The number of rotatable bonds is 12. The van der Waals surface area contributed by atoms with Gasteiger partial charge in [-0.05, 0) is 114 Å². The SMILES string of the molecule is C=CCOc1c2c(c(OC(=O)OC(C)(C)C)c3cc(CN4CCC4)ccc13)C(O)=C1C(=O)[C@]3(O[Si](C)(C)C(C)(C)C)C(=O)c4c(OCc5ccccc5)noc4[C@@H](N(C)C)[C@@H]3C[C@@H]1C2. The van der Waals surface area contributed by atoms with Gasteiger partial charge in [0.2, 0.25) is 11.6 Å². The van der Waals surface area contributed by atoms with Crippen LogP contribution in [0.4, 0.5) is 4.79 Å². The zero-order chi connectivity index (χ0) is 46.1. The lowest BCUT2D eigenvalue weighted by atomic mass is 9.57. The second-order valence-corrected chi connectivity index (χ2v) is 25.1. The summed E-state index contributed by atoms with van der Waals surface area (Å²) in [6.45, 7) is 22.2. The molecule has 2 fully saturated rings. The Hall–Kier alpha value is -5.28. The van der Waals surface area contributed by atoms with E-state index in [2.05, 4.69) is 37.4 Å². The quantitative estimate of drug-likeness (QED) is 0.0473. The normalized spacial score (nSPS) is 22.3. The number of benzene rings is 3. The molecule has 13 nitrogen and oxygen atoms in total. The van der Waals surface area contributed by atoms with Gasteiger partial charge in [0.15, 0.2) is 25.4 Å². The smallest absolute Gasteiger partial charge is 0.507 e. The summed E-state index contributed by atoms with van der Waals surface area (Å²) in [5.41, 5.74) is -0.441. The molecule has 1 aromatic heterocycles. The average Bonchev–Trinajstić information content (AvgIpc) is 3.61. The van der Waals surface area contributed by atoms with Crippen LogP contribution in [-0.4, -0.2) is 91.1 Å². The first kappa shape index (κ1) is 45.3. The predicted octanol–water partition coefficient (Wildman–Crippen LogP) is 9.78. The Kier molecular flexibility index (Phi) is 11.8. The van der Waals surface area contributed by atoms with Crippen LogP contribution in [0.15, 0.2) is 71.3 Å². The van der Waals surface area contributed by atoms with Crippen molar-refractivity contribution in [3.05, 3.63) is 100 Å². The summed E-state index contributed by atoms with van der Waals surface area (Å²) in [4.78, 5) is 49.9. The molecule has 1 N–H and O–H groups in total. The summed E-state index contributed by atoms with van der Waals surface area (Å²) in [5, 5.41) is 18.0. The van der Waals surface area contributed by atoms with Crippen molar-refractivity contribution in [1.82, 2.24) is 15.0 Å². The van der Waals surface area contributed by atoms with Crippen LogP contribution in [0.5, 0.6) is 17.4 Å². The molecule has 8 rings (SSSR count). The molecular formula is C50H61N3O10Si. The summed E-state index contributed by atoms with van der Waals surface area (Å²) in [6.07, 6.45) is 2.23. The molecule has 2 heterocycles. The van der Waals surface area contributed by atoms with Gasteiger partial charge in [-0.15, -0.1) is 0 Å². The van der Waals surface area contributed by atoms with E-state index in [0.29, 0.717) is 34.4 Å². The zero-order valence-corrected chi connectivity index (χ0v) is 39.8. The number of aliphatic hydroxyl groups excluding tert-OH is 1. The molecule has 340 valence electrons. The van der Waals surface area contributed by atoms with Crippen LogP contribution >= 0.6 is 0 Å². The molecule has 0 spiro atoms. The molecule has 1 saturated heterocycles. The van der Waals surface area contributed by atoms with E-state index < -0.39 is 65.9 Å². The van der Waals surface area contributed by atoms with Gasteiger partial charge in [0.05, 0.1) is 11.6 Å². The standard InChI is InChI=1S/C50H61N3O10Si/c1-12-23-58-41-32-20-19-30(27-53-21-16-22-53)24-33(32)42(60-47(57)61-48(2,3)4)37-34(41)25-31-26-35-39(52(8)9)43-38(46(51-62-43)59-28-29-17-14-13-15-18-29)45(56)50(35,44(55)36(31)40(37)54)63-64(10,11)49(5,6)7/h12-15,17-20,24,31,35,39,54H,1,16,21-23,25-28H2,2-11H3/t31-,35-,39-,50-/m0/s1. The molecular weight excluding hydrogens is 831 g/mol. The molecule has 1 saturated carbocycles. The number of Topliss-reactive ketones (excluding diaryl/α,β-unsaturated/α-hetero) is 2. The Balaban J connectivity index is 1.37. The largest absolute Gasteiger partial charge is 0.514 e. The van der Waals surface area contributed by atoms with Gasteiger partial charge in [0.1, 0.15) is 35.9 Å². The lowest BCUT2D eigenvalue weighted by molar-refractivity contribution is -0.140. The van der Waals surface area contributed by atoms with Crippen molar-refractivity contribution in [2.75, 3.05) is 33.8 Å². The highest BCUT2D eigenvalue weighted by molar-refractivity contribution is 6.74. The summed E-state index contributed by atoms with van der Waals surface area (Å²) in [7, 11) is 0.746. The van der Waals surface area contributed by atoms with E-state index in [9.17, 15) is 9.90 Å². The molecule has 0 unspecified atom stereocenters. The van der Waals surface area contributed by atoms with Crippen molar-refractivity contribution >= 4 is 42.6 Å². The maximum atomic E-state index is 16.2. The Bertz CT molecular complexity index is 2550. The number of fused-ring (bicyclic) bond motifs is 5. The first-order chi connectivity index (χ1) is 30.2. The van der Waals surface area contributed by atoms with Crippen molar-refractivity contribution in [2.24, 2.45) is 11.8 Å². The number of carbonyl (C=O) groups is 3. The van der Waals surface area contributed by atoms with Gasteiger partial charge in [-0.25, -0.2) is 4.79 Å². The first-order valence-corrected chi connectivity index (χ1v) is 25.1. The maximum absolute atomic E-state index is 16.2. The van der Waals surface area contributed by atoms with E-state index in [1.807, 2.05) is 80.6 Å². The minimum atomic E-state index is -3.01. The monoisotopic (exact) mass is 891 g/mol. The van der Waals surface area contributed by atoms with Crippen molar-refractivity contribution in [3.8, 4) is 17.4 Å². The number of ketones is 2. The second-order valence-electron chi connectivity index (χ2n) is 20.4. The maximum Gasteiger partial charge on any atom is 0.514 e. The Labute approximate surface area is 376 Å². The molecule has 3 aromatic carbocycles. The fourth-order valence-electron chi connectivity index (χ4n) is 9.48. The number of hydrogen-bond donors (Lipinski definition) is 1. The third-order valence-corrected chi connectivity index (χ3v) is 18.0. The topological polar surface area (TPSA) is 150 Å². The van der Waals surface area contributed by atoms with E-state index in [-0.39, 0.29) is 54.4 Å². The highest BCUT2D eigenvalue weighted by Crippen LogP contribution is 2.60. The molecule has 4 aromatic rings. The van der Waals surface area contributed by atoms with Gasteiger partial charge < -0.3 is 33.0 Å². The first-order valence-electron chi connectivity index (χ1n) is 22.2. The van der Waals surface area contributed by atoms with Gasteiger partial charge >= 0.3 is 6.16 Å². The van der Waals surface area contributed by atoms with Gasteiger partial charge in [0, 0.05) is 34.4 Å². The fourth-order valence-corrected chi connectivity index (χ4v) is 10.9. The minimum absolute atomic E-state index is 0.0276. The van der Waals surface area contributed by atoms with Crippen molar-refractivity contribution < 1.29 is 47.4 Å². The van der Waals surface area contributed by atoms with Gasteiger partial charge in [-0.1, -0.05) is 75.9 Å². The number of likely N-dealkylation sites (tertiary alicyclic amines) is 1. The van der Waals surface area contributed by atoms with Crippen LogP contribution in [0.3, 0.4) is 0 Å². The number of nitrogens with zero attached hydrogens (tertiary/aromatic N) is 3. The Morgan fingerprint density at radius 2 is 1.70 bits per heavy atom. The van der Waals surface area contributed by atoms with Crippen molar-refractivity contribution in [2.45, 2.75) is 109 Å². The average molecular weight is 892 g/mol. The van der Waals surface area contributed by atoms with E-state index in [1.54, 1.807) is 26.8 Å². The molecule has 0 radical (unpaired) electrons. The summed E-state index contributed by atoms with van der Waals surface area (Å²) >= 11 is 0. The number of ether oxygens (including phenoxy) is 4. The summed E-state index contributed by atoms with van der Waals surface area (Å²) < 4.78 is 38.0. The summed E-state index contributed by atoms with van der Waals surface area (Å²) in [5.74, 6) is -2.30. The van der Waals surface area contributed by atoms with Gasteiger partial charge in [-0.3, -0.25) is 19.4 Å². The highest BCUT2D eigenvalue weighted by atomic mass is 28.4. The van der Waals surface area contributed by atoms with Crippen LogP contribution in [0.2, 0.25) is 18.1 Å². The number of hydrogen-bond acceptors (Lipinski definition) is 13. The van der Waals surface area contributed by atoms with Crippen LogP contribution in [-0.2, 0) is 33.5 Å². The third-order valence-electron chi connectivity index (χ3n) is 13.5. The molecule has 14 heteroatoms. The van der Waals surface area contributed by atoms with E-state index >= 15 is 9.59 Å². The van der Waals surface area contributed by atoms with Gasteiger partial charge in [-0.2, -0.15) is 0 Å². The van der Waals surface area contributed by atoms with Crippen LogP contribution < -0.4 is 14.2 Å². The summed E-state index contributed by atoms with van der Waals surface area (Å²) in [6, 6.07) is 14.8. The molecule has 0 bridgehead atoms. The molecule has 64 heavy (non-hydrogen) atoms. The van der Waals surface area contributed by atoms with Crippen molar-refractivity contribution in [1.29, 1.82) is 0 Å². The van der Waals surface area contributed by atoms with Crippen LogP contribution in [0.25, 0.3) is 16.5 Å². The number of aliphatic hydroxyl groups is 1. The molecule has 4 aliphatic rings. The number of carbonyl (C=O) groups excluding carboxylic acids is 3. The van der Waals surface area contributed by atoms with Gasteiger partial charge in [0.25, 0.3) is 5.88 Å². The van der Waals surface area contributed by atoms with Crippen LogP contribution in [0, 0.1) is 11.8 Å². The fraction of sp³-hybridized carbons (Fsp3) is 0.480. The number of aromatic nitrogens is 1. The predicted molar refractivity (Wildman–Crippen MR) is 245 cm³/mol. The van der Waals surface area contributed by atoms with E-state index in [0.717, 1.165) is 30.6 Å². The lowest BCUT2D eigenvalue weighted by Gasteiger charge is -2.55. The molecule has 1 aliphatic heterocycles.